The molecule has 31 heavy (non-hydrogen) atoms. The van der Waals surface area contributed by atoms with Crippen LogP contribution in [-0.2, 0) is 4.74 Å². The van der Waals surface area contributed by atoms with E-state index in [1.54, 1.807) is 16.9 Å². The van der Waals surface area contributed by atoms with Gasteiger partial charge in [-0.3, -0.25) is 4.79 Å². The van der Waals surface area contributed by atoms with Crippen LogP contribution in [0, 0.1) is 0 Å². The van der Waals surface area contributed by atoms with Crippen LogP contribution in [0.25, 0.3) is 28.0 Å². The molecule has 2 unspecified atom stereocenters. The third-order valence-corrected chi connectivity index (χ3v) is 5.63. The predicted molar refractivity (Wildman–Crippen MR) is 120 cm³/mol. The first-order chi connectivity index (χ1) is 15.1. The zero-order valence-corrected chi connectivity index (χ0v) is 17.6. The van der Waals surface area contributed by atoms with Gasteiger partial charge in [0.15, 0.2) is 5.65 Å². The average molecular weight is 412 g/mol. The lowest BCUT2D eigenvalue weighted by Gasteiger charge is -2.35. The zero-order chi connectivity index (χ0) is 21.4. The van der Waals surface area contributed by atoms with Crippen LogP contribution in [0.15, 0.2) is 73.1 Å². The smallest absolute Gasteiger partial charge is 0.259 e. The Labute approximate surface area is 181 Å². The quantitative estimate of drug-likeness (QED) is 0.503. The van der Waals surface area contributed by atoms with Crippen molar-refractivity contribution in [3.05, 3.63) is 78.6 Å². The highest BCUT2D eigenvalue weighted by Gasteiger charge is 2.28. The fraction of sp³-hybridized carbons (Fsp3) is 0.240. The second kappa shape index (κ2) is 7.96. The molecule has 156 valence electrons. The second-order valence-corrected chi connectivity index (χ2v) is 8.03. The molecule has 2 aromatic heterocycles. The summed E-state index contributed by atoms with van der Waals surface area (Å²) in [5.41, 5.74) is 5.33. The zero-order valence-electron chi connectivity index (χ0n) is 17.6. The van der Waals surface area contributed by atoms with Crippen LogP contribution < -0.4 is 0 Å². The van der Waals surface area contributed by atoms with Gasteiger partial charge in [0.25, 0.3) is 5.91 Å². The summed E-state index contributed by atoms with van der Waals surface area (Å²) in [5, 5.41) is 4.50. The van der Waals surface area contributed by atoms with Crippen LogP contribution in [0.4, 0.5) is 0 Å². The molecule has 6 heteroatoms. The van der Waals surface area contributed by atoms with Crippen molar-refractivity contribution in [2.24, 2.45) is 0 Å². The highest BCUT2D eigenvalue weighted by molar-refractivity contribution is 6.00. The van der Waals surface area contributed by atoms with Crippen LogP contribution in [0.5, 0.6) is 0 Å². The summed E-state index contributed by atoms with van der Waals surface area (Å²) in [6.45, 7) is 5.12. The number of amides is 1. The first-order valence-electron chi connectivity index (χ1n) is 10.5. The third-order valence-electron chi connectivity index (χ3n) is 5.63. The normalized spacial score (nSPS) is 19.0. The number of hydrogen-bond acceptors (Lipinski definition) is 4. The van der Waals surface area contributed by atoms with Gasteiger partial charge in [0.05, 0.1) is 24.1 Å². The molecule has 0 radical (unpaired) electrons. The highest BCUT2D eigenvalue weighted by atomic mass is 16.5. The van der Waals surface area contributed by atoms with E-state index in [1.165, 1.54) is 5.56 Å². The van der Waals surface area contributed by atoms with Gasteiger partial charge in [-0.05, 0) is 31.0 Å². The highest BCUT2D eigenvalue weighted by Crippen LogP contribution is 2.26. The minimum absolute atomic E-state index is 0.0150. The summed E-state index contributed by atoms with van der Waals surface area (Å²) in [6, 6.07) is 20.5. The van der Waals surface area contributed by atoms with E-state index in [4.69, 9.17) is 4.74 Å². The van der Waals surface area contributed by atoms with E-state index >= 15 is 0 Å². The number of hydrogen-bond donors (Lipinski definition) is 0. The molecule has 3 heterocycles. The number of rotatable bonds is 3. The van der Waals surface area contributed by atoms with Gasteiger partial charge in [0, 0.05) is 24.8 Å². The van der Waals surface area contributed by atoms with E-state index in [1.807, 2.05) is 43.0 Å². The van der Waals surface area contributed by atoms with Crippen molar-refractivity contribution in [3.63, 3.8) is 0 Å². The first-order valence-corrected chi connectivity index (χ1v) is 10.5. The second-order valence-electron chi connectivity index (χ2n) is 8.03. The summed E-state index contributed by atoms with van der Waals surface area (Å²) in [7, 11) is 0. The average Bonchev–Trinajstić information content (AvgIpc) is 3.23. The summed E-state index contributed by atoms with van der Waals surface area (Å²) in [6.07, 6.45) is 3.39. The van der Waals surface area contributed by atoms with Crippen molar-refractivity contribution >= 4 is 11.6 Å². The van der Waals surface area contributed by atoms with E-state index < -0.39 is 0 Å². The van der Waals surface area contributed by atoms with E-state index in [2.05, 4.69) is 46.5 Å². The summed E-state index contributed by atoms with van der Waals surface area (Å²) >= 11 is 0. The van der Waals surface area contributed by atoms with Gasteiger partial charge < -0.3 is 9.64 Å². The monoisotopic (exact) mass is 412 g/mol. The Hall–Kier alpha value is -3.51. The summed E-state index contributed by atoms with van der Waals surface area (Å²) in [4.78, 5) is 19.5. The predicted octanol–water partition coefficient (Wildman–Crippen LogP) is 4.31. The largest absolute Gasteiger partial charge is 0.372 e. The molecule has 1 saturated heterocycles. The number of morpholine rings is 1. The molecule has 0 spiro atoms. The minimum Gasteiger partial charge on any atom is -0.372 e. The van der Waals surface area contributed by atoms with E-state index in [-0.39, 0.29) is 18.1 Å². The van der Waals surface area contributed by atoms with Crippen molar-refractivity contribution < 1.29 is 9.53 Å². The molecule has 1 aliphatic rings. The van der Waals surface area contributed by atoms with E-state index in [0.29, 0.717) is 24.3 Å². The summed E-state index contributed by atoms with van der Waals surface area (Å²) < 4.78 is 7.51. The SMILES string of the molecule is CC1CN(C(=O)c2cnn3c(-c4ccc(-c5ccccc5)cc4)ccnc23)CC(C)O1. The molecular weight excluding hydrogens is 388 g/mol. The molecule has 2 aromatic carbocycles. The lowest BCUT2D eigenvalue weighted by atomic mass is 10.0. The van der Waals surface area contributed by atoms with Gasteiger partial charge in [0.2, 0.25) is 0 Å². The number of nitrogens with zero attached hydrogens (tertiary/aromatic N) is 4. The molecule has 1 fully saturated rings. The molecule has 0 N–H and O–H groups in total. The van der Waals surface area contributed by atoms with Crippen molar-refractivity contribution in [3.8, 4) is 22.4 Å². The molecule has 6 nitrogen and oxygen atoms in total. The van der Waals surface area contributed by atoms with Crippen LogP contribution in [-0.4, -0.2) is 50.7 Å². The molecule has 1 aliphatic heterocycles. The molecule has 0 saturated carbocycles. The molecular formula is C25H24N4O2. The Morgan fingerprint density at radius 1 is 0.903 bits per heavy atom. The maximum Gasteiger partial charge on any atom is 0.259 e. The number of carbonyl (C=O) groups excluding carboxylic acids is 1. The number of ether oxygens (including phenoxy) is 1. The lowest BCUT2D eigenvalue weighted by molar-refractivity contribution is -0.0585. The molecule has 5 rings (SSSR count). The molecule has 1 amide bonds. The van der Waals surface area contributed by atoms with Crippen LogP contribution in [0.1, 0.15) is 24.2 Å². The maximum absolute atomic E-state index is 13.2. The Morgan fingerprint density at radius 3 is 2.26 bits per heavy atom. The van der Waals surface area contributed by atoms with Crippen LogP contribution in [0.2, 0.25) is 0 Å². The van der Waals surface area contributed by atoms with E-state index in [9.17, 15) is 4.79 Å². The standard InChI is InChI=1S/C25H24N4O2/c1-17-15-28(16-18(2)31-17)25(30)22-14-27-29-23(12-13-26-24(22)29)21-10-8-20(9-11-21)19-6-4-3-5-7-19/h3-14,17-18H,15-16H2,1-2H3. The molecule has 0 aliphatic carbocycles. The van der Waals surface area contributed by atoms with Crippen LogP contribution >= 0.6 is 0 Å². The Bertz CT molecular complexity index is 1210. The Balaban J connectivity index is 1.48. The summed E-state index contributed by atoms with van der Waals surface area (Å²) in [5.74, 6) is -0.0546. The van der Waals surface area contributed by atoms with Crippen molar-refractivity contribution in [1.29, 1.82) is 0 Å². The van der Waals surface area contributed by atoms with Gasteiger partial charge in [-0.25, -0.2) is 9.50 Å². The molecule has 0 bridgehead atoms. The Morgan fingerprint density at radius 2 is 1.55 bits per heavy atom. The number of carbonyl (C=O) groups is 1. The van der Waals surface area contributed by atoms with Gasteiger partial charge >= 0.3 is 0 Å². The topological polar surface area (TPSA) is 59.7 Å². The number of benzene rings is 2. The number of fused-ring (bicyclic) bond motifs is 1. The molecule has 2 atom stereocenters. The fourth-order valence-corrected chi connectivity index (χ4v) is 4.24. The maximum atomic E-state index is 13.2. The lowest BCUT2D eigenvalue weighted by Crippen LogP contribution is -2.48. The van der Waals surface area contributed by atoms with Crippen molar-refractivity contribution in [2.45, 2.75) is 26.1 Å². The fourth-order valence-electron chi connectivity index (χ4n) is 4.24. The van der Waals surface area contributed by atoms with Crippen molar-refractivity contribution in [2.75, 3.05) is 13.1 Å². The van der Waals surface area contributed by atoms with Crippen LogP contribution in [0.3, 0.4) is 0 Å². The van der Waals surface area contributed by atoms with Gasteiger partial charge in [-0.15, -0.1) is 0 Å². The van der Waals surface area contributed by atoms with Crippen molar-refractivity contribution in [1.82, 2.24) is 19.5 Å². The third kappa shape index (κ3) is 3.70. The van der Waals surface area contributed by atoms with Gasteiger partial charge in [0.1, 0.15) is 5.56 Å². The van der Waals surface area contributed by atoms with Gasteiger partial charge in [-0.1, -0.05) is 54.6 Å². The molecule has 4 aromatic rings. The number of aromatic nitrogens is 3. The van der Waals surface area contributed by atoms with E-state index in [0.717, 1.165) is 16.8 Å². The van der Waals surface area contributed by atoms with Gasteiger partial charge in [-0.2, -0.15) is 5.10 Å². The Kier molecular flexibility index (Phi) is 5.00. The first kappa shape index (κ1) is 19.5. The minimum atomic E-state index is -0.0546.